The number of halogens is 2. The largest absolute Gasteiger partial charge is 0.243 e. The standard InChI is InChI=1S/C16H15BrFNO2S/c17-12-7-9-13(10-8-12)22(20,21)19-11-3-6-16(19)14-4-1-2-5-15(14)18/h1-2,4-5,7-10,16H,3,6,11H2/t16-/m0/s1. The molecule has 2 aromatic carbocycles. The van der Waals surface area contributed by atoms with Crippen molar-refractivity contribution < 1.29 is 12.8 Å². The third-order valence-corrected chi connectivity index (χ3v) is 6.34. The van der Waals surface area contributed by atoms with E-state index in [1.54, 1.807) is 42.5 Å². The number of sulfonamides is 1. The van der Waals surface area contributed by atoms with Gasteiger partial charge in [0.05, 0.1) is 10.9 Å². The van der Waals surface area contributed by atoms with E-state index in [0.29, 0.717) is 18.5 Å². The average Bonchev–Trinajstić information content (AvgIpc) is 2.98. The van der Waals surface area contributed by atoms with Crippen LogP contribution in [0.25, 0.3) is 0 Å². The first kappa shape index (κ1) is 15.6. The number of nitrogens with zero attached hydrogens (tertiary/aromatic N) is 1. The summed E-state index contributed by atoms with van der Waals surface area (Å²) in [6.07, 6.45) is 1.37. The van der Waals surface area contributed by atoms with E-state index in [0.717, 1.165) is 10.9 Å². The van der Waals surface area contributed by atoms with Gasteiger partial charge in [-0.2, -0.15) is 4.31 Å². The first-order valence-corrected chi connectivity index (χ1v) is 9.25. The molecular formula is C16H15BrFNO2S. The van der Waals surface area contributed by atoms with Crippen molar-refractivity contribution in [2.45, 2.75) is 23.8 Å². The van der Waals surface area contributed by atoms with Gasteiger partial charge < -0.3 is 0 Å². The van der Waals surface area contributed by atoms with Crippen LogP contribution < -0.4 is 0 Å². The summed E-state index contributed by atoms with van der Waals surface area (Å²) in [6.45, 7) is 0.414. The van der Waals surface area contributed by atoms with Crippen molar-refractivity contribution in [1.82, 2.24) is 4.31 Å². The molecule has 0 N–H and O–H groups in total. The monoisotopic (exact) mass is 383 g/mol. The Hall–Kier alpha value is -1.24. The highest BCUT2D eigenvalue weighted by Crippen LogP contribution is 2.37. The van der Waals surface area contributed by atoms with E-state index >= 15 is 0 Å². The highest BCUT2D eigenvalue weighted by atomic mass is 79.9. The quantitative estimate of drug-likeness (QED) is 0.799. The molecule has 0 aromatic heterocycles. The van der Waals surface area contributed by atoms with E-state index in [4.69, 9.17) is 0 Å². The minimum Gasteiger partial charge on any atom is -0.207 e. The van der Waals surface area contributed by atoms with Gasteiger partial charge >= 0.3 is 0 Å². The lowest BCUT2D eigenvalue weighted by atomic mass is 10.1. The first-order valence-electron chi connectivity index (χ1n) is 7.02. The molecule has 1 atom stereocenters. The fraction of sp³-hybridized carbons (Fsp3) is 0.250. The highest BCUT2D eigenvalue weighted by Gasteiger charge is 2.37. The zero-order chi connectivity index (χ0) is 15.7. The lowest BCUT2D eigenvalue weighted by molar-refractivity contribution is 0.386. The van der Waals surface area contributed by atoms with Crippen LogP contribution in [0.2, 0.25) is 0 Å². The number of rotatable bonds is 3. The maximum Gasteiger partial charge on any atom is 0.243 e. The van der Waals surface area contributed by atoms with E-state index in [1.807, 2.05) is 0 Å². The van der Waals surface area contributed by atoms with Gasteiger partial charge in [0.25, 0.3) is 0 Å². The van der Waals surface area contributed by atoms with Gasteiger partial charge in [-0.25, -0.2) is 12.8 Å². The molecule has 0 bridgehead atoms. The molecule has 22 heavy (non-hydrogen) atoms. The van der Waals surface area contributed by atoms with Crippen molar-refractivity contribution in [3.8, 4) is 0 Å². The molecule has 6 heteroatoms. The van der Waals surface area contributed by atoms with Gasteiger partial charge in [-0.15, -0.1) is 0 Å². The number of hydrogen-bond donors (Lipinski definition) is 0. The molecule has 1 aliphatic rings. The van der Waals surface area contributed by atoms with Crippen LogP contribution in [0.1, 0.15) is 24.4 Å². The average molecular weight is 384 g/mol. The Balaban J connectivity index is 1.99. The molecule has 2 aromatic rings. The molecular weight excluding hydrogens is 369 g/mol. The Labute approximate surface area is 137 Å². The van der Waals surface area contributed by atoms with Gasteiger partial charge in [0.2, 0.25) is 10.0 Å². The minimum absolute atomic E-state index is 0.235. The first-order chi connectivity index (χ1) is 10.5. The van der Waals surface area contributed by atoms with Gasteiger partial charge in [0.15, 0.2) is 0 Å². The second kappa shape index (κ2) is 6.10. The van der Waals surface area contributed by atoms with Crippen molar-refractivity contribution in [3.63, 3.8) is 0 Å². The van der Waals surface area contributed by atoms with Crippen LogP contribution in [0.3, 0.4) is 0 Å². The second-order valence-electron chi connectivity index (χ2n) is 5.25. The van der Waals surface area contributed by atoms with Crippen LogP contribution in [0, 0.1) is 5.82 Å². The normalized spacial score (nSPS) is 19.5. The Morgan fingerprint density at radius 2 is 1.77 bits per heavy atom. The molecule has 3 rings (SSSR count). The molecule has 0 radical (unpaired) electrons. The maximum absolute atomic E-state index is 14.0. The van der Waals surface area contributed by atoms with Gasteiger partial charge in [0.1, 0.15) is 5.82 Å². The summed E-state index contributed by atoms with van der Waals surface area (Å²) in [5.41, 5.74) is 0.445. The van der Waals surface area contributed by atoms with E-state index in [2.05, 4.69) is 15.9 Å². The molecule has 1 saturated heterocycles. The smallest absolute Gasteiger partial charge is 0.207 e. The van der Waals surface area contributed by atoms with Crippen molar-refractivity contribution >= 4 is 26.0 Å². The fourth-order valence-electron chi connectivity index (χ4n) is 2.83. The van der Waals surface area contributed by atoms with Gasteiger partial charge in [-0.1, -0.05) is 34.1 Å². The fourth-order valence-corrected chi connectivity index (χ4v) is 4.76. The van der Waals surface area contributed by atoms with Crippen LogP contribution >= 0.6 is 15.9 Å². The second-order valence-corrected chi connectivity index (χ2v) is 8.06. The zero-order valence-electron chi connectivity index (χ0n) is 11.7. The van der Waals surface area contributed by atoms with Gasteiger partial charge in [-0.05, 0) is 43.2 Å². The zero-order valence-corrected chi connectivity index (χ0v) is 14.1. The molecule has 0 amide bonds. The van der Waals surface area contributed by atoms with E-state index in [-0.39, 0.29) is 10.7 Å². The van der Waals surface area contributed by atoms with E-state index in [9.17, 15) is 12.8 Å². The summed E-state index contributed by atoms with van der Waals surface area (Å²) in [6, 6.07) is 12.5. The summed E-state index contributed by atoms with van der Waals surface area (Å²) in [5.74, 6) is -0.356. The SMILES string of the molecule is O=S(=O)(c1ccc(Br)cc1)N1CCC[C@H]1c1ccccc1F. The van der Waals surface area contributed by atoms with Crippen molar-refractivity contribution in [2.24, 2.45) is 0 Å². The van der Waals surface area contributed by atoms with Crippen LogP contribution in [0.5, 0.6) is 0 Å². The molecule has 3 nitrogen and oxygen atoms in total. The third kappa shape index (κ3) is 2.83. The Bertz CT molecular complexity index is 777. The molecule has 0 spiro atoms. The lowest BCUT2D eigenvalue weighted by Gasteiger charge is -2.24. The lowest BCUT2D eigenvalue weighted by Crippen LogP contribution is -2.31. The van der Waals surface area contributed by atoms with E-state index in [1.165, 1.54) is 10.4 Å². The van der Waals surface area contributed by atoms with Crippen molar-refractivity contribution in [2.75, 3.05) is 6.54 Å². The van der Waals surface area contributed by atoms with Crippen molar-refractivity contribution in [3.05, 3.63) is 64.4 Å². The highest BCUT2D eigenvalue weighted by molar-refractivity contribution is 9.10. The van der Waals surface area contributed by atoms with Gasteiger partial charge in [-0.3, -0.25) is 0 Å². The van der Waals surface area contributed by atoms with Crippen LogP contribution in [-0.2, 0) is 10.0 Å². The molecule has 1 heterocycles. The summed E-state index contributed by atoms with van der Waals surface area (Å²) in [5, 5.41) is 0. The summed E-state index contributed by atoms with van der Waals surface area (Å²) in [4.78, 5) is 0.235. The third-order valence-electron chi connectivity index (χ3n) is 3.89. The molecule has 0 aliphatic carbocycles. The molecule has 1 aliphatic heterocycles. The Kier molecular flexibility index (Phi) is 4.34. The predicted molar refractivity (Wildman–Crippen MR) is 86.4 cm³/mol. The summed E-state index contributed by atoms with van der Waals surface area (Å²) >= 11 is 3.30. The summed E-state index contributed by atoms with van der Waals surface area (Å²) in [7, 11) is -3.62. The van der Waals surface area contributed by atoms with Crippen LogP contribution in [0.15, 0.2) is 57.9 Å². The summed E-state index contributed by atoms with van der Waals surface area (Å²) < 4.78 is 41.9. The van der Waals surface area contributed by atoms with Gasteiger partial charge in [0, 0.05) is 16.6 Å². The van der Waals surface area contributed by atoms with Crippen LogP contribution in [0.4, 0.5) is 4.39 Å². The number of hydrogen-bond acceptors (Lipinski definition) is 2. The molecule has 116 valence electrons. The maximum atomic E-state index is 14.0. The van der Waals surface area contributed by atoms with E-state index < -0.39 is 16.1 Å². The number of benzene rings is 2. The Morgan fingerprint density at radius 3 is 2.45 bits per heavy atom. The molecule has 0 unspecified atom stereocenters. The minimum atomic E-state index is -3.62. The van der Waals surface area contributed by atoms with Crippen molar-refractivity contribution in [1.29, 1.82) is 0 Å². The predicted octanol–water partition coefficient (Wildman–Crippen LogP) is 4.11. The van der Waals surface area contributed by atoms with Crippen LogP contribution in [-0.4, -0.2) is 19.3 Å². The topological polar surface area (TPSA) is 37.4 Å². The molecule has 0 saturated carbocycles. The molecule has 1 fully saturated rings. The Morgan fingerprint density at radius 1 is 1.09 bits per heavy atom.